The monoisotopic (exact) mass is 970 g/mol. The van der Waals surface area contributed by atoms with Gasteiger partial charge in [-0.2, -0.15) is 0 Å². The zero-order valence-corrected chi connectivity index (χ0v) is 39.7. The summed E-state index contributed by atoms with van der Waals surface area (Å²) in [6.45, 7) is 5.46. The molecule has 0 radical (unpaired) electrons. The molecule has 12 rings (SSSR count). The van der Waals surface area contributed by atoms with E-state index in [0.29, 0.717) is 118 Å². The first-order valence-corrected chi connectivity index (χ1v) is 23.2. The molecular weight excluding hydrogens is 925 g/mol. The fraction of sp³-hybridized carbons (Fsp3) is 0.255. The molecule has 2 aliphatic rings. The Labute approximate surface area is 406 Å². The first kappa shape index (κ1) is 45.3. The van der Waals surface area contributed by atoms with Crippen LogP contribution in [-0.4, -0.2) is 93.5 Å². The second kappa shape index (κ2) is 18.3. The first-order chi connectivity index (χ1) is 35.0. The number of benzene rings is 4. The van der Waals surface area contributed by atoms with Gasteiger partial charge in [0.2, 0.25) is 0 Å². The van der Waals surface area contributed by atoms with Crippen LogP contribution in [0.3, 0.4) is 0 Å². The van der Waals surface area contributed by atoms with E-state index in [1.165, 1.54) is 19.8 Å². The standard InChI is InChI=1S/C26H24N6O5.C25H22N6O4/c1-4-32-22-20(27-12-28-24(22)31-26(32)34)14-9-17-21(19(10-14)36-3)29-23(30-25(17)33)15-7-13-8-16(35-2)5-6-18(13)37-11-15;1-3-31-21-20(26-12-27-23(21)30-25(31)33)13-4-6-17-18(10-13)28-22(29-24(17)32)15-8-14-9-16(34-2)5-7-19(14)35-11-15/h5-6,8-10,12,15H,4,7,11H2,1-3H3,(H,29,30,33)(H,27,28,31,34);4-7,9-10,12,15H,3,8,11H2,1-2H3,(H,28,29,32)(H,26,27,30,33). The van der Waals surface area contributed by atoms with Crippen LogP contribution in [0.4, 0.5) is 0 Å². The molecule has 0 saturated heterocycles. The molecule has 21 nitrogen and oxygen atoms in total. The molecule has 6 aromatic heterocycles. The van der Waals surface area contributed by atoms with E-state index in [1.54, 1.807) is 41.6 Å². The molecular formula is C51H46N12O9. The van der Waals surface area contributed by atoms with E-state index >= 15 is 0 Å². The first-order valence-electron chi connectivity index (χ1n) is 23.2. The minimum Gasteiger partial charge on any atom is -0.497 e. The zero-order chi connectivity index (χ0) is 49.8. The SMILES string of the molecule is CCn1c(=O)[nH]c2ncnc(-c3cc(OC)c4nc(C5COc6ccc(OC)cc6C5)[nH]c(=O)c4c3)c21.CCn1c(=O)[nH]c2ncnc(-c3ccc4c(=O)[nH]c(C5COc6ccc(OC)cc6C5)nc4c3)c21. The molecule has 8 heterocycles. The lowest BCUT2D eigenvalue weighted by Crippen LogP contribution is -2.24. The highest BCUT2D eigenvalue weighted by molar-refractivity contribution is 5.94. The Morgan fingerprint density at radius 3 is 1.67 bits per heavy atom. The molecule has 10 aromatic rings. The van der Waals surface area contributed by atoms with E-state index in [4.69, 9.17) is 33.7 Å². The third-order valence-corrected chi connectivity index (χ3v) is 13.2. The summed E-state index contributed by atoms with van der Waals surface area (Å²) in [5.74, 6) is 4.35. The quantitative estimate of drug-likeness (QED) is 0.138. The molecule has 0 spiro atoms. The molecule has 72 heavy (non-hydrogen) atoms. The number of hydrogen-bond donors (Lipinski definition) is 4. The van der Waals surface area contributed by atoms with Gasteiger partial charge in [-0.1, -0.05) is 6.07 Å². The third kappa shape index (κ3) is 7.93. The average molecular weight is 971 g/mol. The third-order valence-electron chi connectivity index (χ3n) is 13.2. The summed E-state index contributed by atoms with van der Waals surface area (Å²) in [7, 11) is 4.78. The van der Waals surface area contributed by atoms with Gasteiger partial charge >= 0.3 is 11.4 Å². The van der Waals surface area contributed by atoms with Crippen LogP contribution in [0, 0.1) is 0 Å². The average Bonchev–Trinajstić information content (AvgIpc) is 3.93. The highest BCUT2D eigenvalue weighted by atomic mass is 16.5. The number of aromatic nitrogens is 12. The van der Waals surface area contributed by atoms with Gasteiger partial charge in [0.25, 0.3) is 11.1 Å². The van der Waals surface area contributed by atoms with Gasteiger partial charge in [-0.3, -0.25) is 28.7 Å². The van der Waals surface area contributed by atoms with Gasteiger partial charge in [-0.15, -0.1) is 0 Å². The molecule has 0 bridgehead atoms. The Bertz CT molecular complexity index is 4020. The Kier molecular flexibility index (Phi) is 11.5. The summed E-state index contributed by atoms with van der Waals surface area (Å²) in [6, 6.07) is 20.2. The van der Waals surface area contributed by atoms with Crippen molar-refractivity contribution in [1.29, 1.82) is 0 Å². The summed E-state index contributed by atoms with van der Waals surface area (Å²) in [6.07, 6.45) is 4.10. The highest BCUT2D eigenvalue weighted by Crippen LogP contribution is 2.37. The number of H-pyrrole nitrogens is 4. The Morgan fingerprint density at radius 2 is 1.12 bits per heavy atom. The predicted molar refractivity (Wildman–Crippen MR) is 267 cm³/mol. The van der Waals surface area contributed by atoms with Crippen LogP contribution < -0.4 is 46.2 Å². The Morgan fingerprint density at radius 1 is 0.583 bits per heavy atom. The topological polar surface area (TPSA) is 265 Å². The summed E-state index contributed by atoms with van der Waals surface area (Å²) in [4.78, 5) is 89.2. The molecule has 2 atom stereocenters. The van der Waals surface area contributed by atoms with Crippen molar-refractivity contribution >= 4 is 44.1 Å². The number of methoxy groups -OCH3 is 3. The molecule has 0 saturated carbocycles. The largest absolute Gasteiger partial charge is 0.497 e. The van der Waals surface area contributed by atoms with Gasteiger partial charge in [0.15, 0.2) is 11.3 Å². The number of aromatic amines is 4. The lowest BCUT2D eigenvalue weighted by molar-refractivity contribution is 0.257. The number of ether oxygens (including phenoxy) is 5. The lowest BCUT2D eigenvalue weighted by atomic mass is 9.95. The van der Waals surface area contributed by atoms with Crippen LogP contribution in [0.25, 0.3) is 66.6 Å². The number of aryl methyl sites for hydroxylation is 2. The number of nitrogens with one attached hydrogen (secondary N) is 4. The van der Waals surface area contributed by atoms with Crippen LogP contribution in [0.2, 0.25) is 0 Å². The van der Waals surface area contributed by atoms with E-state index < -0.39 is 0 Å². The van der Waals surface area contributed by atoms with E-state index in [1.807, 2.05) is 62.4 Å². The summed E-state index contributed by atoms with van der Waals surface area (Å²) in [5, 5.41) is 0.827. The molecule has 0 amide bonds. The minimum atomic E-state index is -0.302. The number of rotatable bonds is 9. The Balaban J connectivity index is 0.000000156. The number of imidazole rings is 2. The molecule has 0 fully saturated rings. The minimum absolute atomic E-state index is 0.115. The summed E-state index contributed by atoms with van der Waals surface area (Å²) >= 11 is 0. The van der Waals surface area contributed by atoms with Crippen LogP contribution in [0.5, 0.6) is 28.7 Å². The van der Waals surface area contributed by atoms with E-state index in [0.717, 1.165) is 39.7 Å². The second-order valence-corrected chi connectivity index (χ2v) is 17.3. The van der Waals surface area contributed by atoms with E-state index in [2.05, 4.69) is 39.9 Å². The van der Waals surface area contributed by atoms with Crippen LogP contribution in [0.15, 0.2) is 98.6 Å². The van der Waals surface area contributed by atoms with Gasteiger partial charge < -0.3 is 33.7 Å². The summed E-state index contributed by atoms with van der Waals surface area (Å²) < 4.78 is 31.4. The molecule has 4 aromatic carbocycles. The maximum Gasteiger partial charge on any atom is 0.327 e. The van der Waals surface area contributed by atoms with E-state index in [9.17, 15) is 19.2 Å². The van der Waals surface area contributed by atoms with Crippen molar-refractivity contribution in [2.45, 2.75) is 51.6 Å². The van der Waals surface area contributed by atoms with Crippen molar-refractivity contribution in [2.75, 3.05) is 34.5 Å². The van der Waals surface area contributed by atoms with Gasteiger partial charge in [0.05, 0.1) is 74.1 Å². The normalized spacial score (nSPS) is 15.1. The number of nitrogens with zero attached hydrogens (tertiary/aromatic N) is 8. The molecule has 0 aliphatic carbocycles. The van der Waals surface area contributed by atoms with Gasteiger partial charge in [-0.25, -0.2) is 39.5 Å². The lowest BCUT2D eigenvalue weighted by Gasteiger charge is -2.25. The molecule has 2 aliphatic heterocycles. The molecule has 21 heteroatoms. The van der Waals surface area contributed by atoms with Crippen LogP contribution >= 0.6 is 0 Å². The molecule has 4 N–H and O–H groups in total. The second-order valence-electron chi connectivity index (χ2n) is 17.3. The van der Waals surface area contributed by atoms with Crippen molar-refractivity contribution in [3.05, 3.63) is 144 Å². The van der Waals surface area contributed by atoms with Gasteiger partial charge in [-0.05, 0) is 98.5 Å². The van der Waals surface area contributed by atoms with Crippen molar-refractivity contribution in [1.82, 2.24) is 59.0 Å². The molecule has 2 unspecified atom stereocenters. The fourth-order valence-corrected chi connectivity index (χ4v) is 9.58. The van der Waals surface area contributed by atoms with Gasteiger partial charge in [0.1, 0.15) is 69.6 Å². The van der Waals surface area contributed by atoms with Crippen molar-refractivity contribution < 1.29 is 23.7 Å². The van der Waals surface area contributed by atoms with Gasteiger partial charge in [0, 0.05) is 24.2 Å². The maximum absolute atomic E-state index is 13.3. The zero-order valence-electron chi connectivity index (χ0n) is 39.7. The predicted octanol–water partition coefficient (Wildman–Crippen LogP) is 5.55. The van der Waals surface area contributed by atoms with Crippen LogP contribution in [-0.2, 0) is 25.9 Å². The van der Waals surface area contributed by atoms with Crippen molar-refractivity contribution in [2.24, 2.45) is 0 Å². The number of fused-ring (bicyclic) bond motifs is 6. The van der Waals surface area contributed by atoms with Crippen molar-refractivity contribution in [3.8, 4) is 51.3 Å². The van der Waals surface area contributed by atoms with Crippen LogP contribution in [0.1, 0.15) is 48.5 Å². The molecule has 364 valence electrons. The number of hydrogen-bond acceptors (Lipinski definition) is 15. The maximum atomic E-state index is 13.3. The highest BCUT2D eigenvalue weighted by Gasteiger charge is 2.27. The Hall–Kier alpha value is -9.14. The van der Waals surface area contributed by atoms with E-state index in [-0.39, 0.29) is 34.3 Å². The fourth-order valence-electron chi connectivity index (χ4n) is 9.58. The van der Waals surface area contributed by atoms with Crippen molar-refractivity contribution in [3.63, 3.8) is 0 Å². The summed E-state index contributed by atoms with van der Waals surface area (Å²) in [5.41, 5.74) is 6.49. The smallest absolute Gasteiger partial charge is 0.327 e.